The van der Waals surface area contributed by atoms with E-state index in [1.807, 2.05) is 54.4 Å². The largest absolute Gasteiger partial charge is 0.494 e. The highest BCUT2D eigenvalue weighted by Gasteiger charge is 2.45. The number of amides is 5. The summed E-state index contributed by atoms with van der Waals surface area (Å²) in [6, 6.07) is 17.1. The molecule has 7 rings (SSSR count). The summed E-state index contributed by atoms with van der Waals surface area (Å²) < 4.78 is 18.6. The van der Waals surface area contributed by atoms with Crippen LogP contribution >= 0.6 is 18.7 Å². The molecule has 0 saturated carbocycles. The molecule has 1 atom stereocenters. The second kappa shape index (κ2) is 17.7. The summed E-state index contributed by atoms with van der Waals surface area (Å²) in [5.74, 6) is -0.974. The Hall–Kier alpha value is -5.99. The van der Waals surface area contributed by atoms with E-state index in [0.717, 1.165) is 36.5 Å². The number of rotatable bonds is 14. The molecule has 3 aliphatic heterocycles. The Kier molecular flexibility index (Phi) is 12.4. The summed E-state index contributed by atoms with van der Waals surface area (Å²) in [6.07, 6.45) is 3.97. The van der Waals surface area contributed by atoms with Gasteiger partial charge in [-0.1, -0.05) is 29.8 Å². The van der Waals surface area contributed by atoms with Gasteiger partial charge in [-0.3, -0.25) is 34.2 Å². The first-order valence-electron chi connectivity index (χ1n) is 19.7. The van der Waals surface area contributed by atoms with Gasteiger partial charge >= 0.3 is 0 Å². The van der Waals surface area contributed by atoms with Gasteiger partial charge in [0.15, 0.2) is 5.82 Å². The number of hydrogen-bond acceptors (Lipinski definition) is 13. The van der Waals surface area contributed by atoms with Crippen molar-refractivity contribution in [3.63, 3.8) is 0 Å². The van der Waals surface area contributed by atoms with E-state index < -0.39 is 36.8 Å². The van der Waals surface area contributed by atoms with E-state index in [-0.39, 0.29) is 35.9 Å². The maximum Gasteiger partial charge on any atom is 0.264 e. The van der Waals surface area contributed by atoms with Crippen molar-refractivity contribution in [3.05, 3.63) is 83.0 Å². The fourth-order valence-electron chi connectivity index (χ4n) is 7.81. The van der Waals surface area contributed by atoms with Gasteiger partial charge < -0.3 is 35.1 Å². The van der Waals surface area contributed by atoms with Crippen molar-refractivity contribution in [3.8, 4) is 5.75 Å². The van der Waals surface area contributed by atoms with Crippen molar-refractivity contribution in [1.82, 2.24) is 25.1 Å². The van der Waals surface area contributed by atoms with Gasteiger partial charge in [0.05, 0.1) is 35.8 Å². The zero-order chi connectivity index (χ0) is 42.7. The first kappa shape index (κ1) is 42.1. The molecule has 3 aromatic carbocycles. The van der Waals surface area contributed by atoms with Crippen LogP contribution in [0.15, 0.2) is 66.9 Å². The zero-order valence-electron chi connectivity index (χ0n) is 33.8. The Bertz CT molecular complexity index is 2400. The summed E-state index contributed by atoms with van der Waals surface area (Å²) in [5, 5.41) is 12.9. The van der Waals surface area contributed by atoms with Crippen molar-refractivity contribution in [2.75, 3.05) is 68.0 Å². The Morgan fingerprint density at radius 2 is 1.72 bits per heavy atom. The number of anilines is 6. The quantitative estimate of drug-likeness (QED) is 0.0697. The van der Waals surface area contributed by atoms with Crippen molar-refractivity contribution in [2.45, 2.75) is 50.6 Å². The Labute approximate surface area is 352 Å². The molecule has 0 radical (unpaired) electrons. The lowest BCUT2D eigenvalue weighted by Gasteiger charge is -2.38. The maximum atomic E-state index is 13.4. The molecule has 5 amide bonds. The molecule has 1 aromatic heterocycles. The van der Waals surface area contributed by atoms with Gasteiger partial charge in [-0.15, -0.1) is 0 Å². The number of piperidine rings is 2. The first-order valence-corrected chi connectivity index (χ1v) is 22.7. The van der Waals surface area contributed by atoms with Crippen LogP contribution in [0.1, 0.15) is 59.2 Å². The van der Waals surface area contributed by atoms with Crippen molar-refractivity contribution < 1.29 is 33.3 Å². The third-order valence-electron chi connectivity index (χ3n) is 11.0. The lowest BCUT2D eigenvalue weighted by atomic mass is 10.0. The molecule has 4 aromatic rings. The number of imide groups is 2. The highest BCUT2D eigenvalue weighted by Crippen LogP contribution is 2.39. The molecule has 0 bridgehead atoms. The highest BCUT2D eigenvalue weighted by molar-refractivity contribution is 7.70. The Balaban J connectivity index is 0.899. The normalized spacial score (nSPS) is 17.0. The smallest absolute Gasteiger partial charge is 0.264 e. The maximum absolute atomic E-state index is 13.4. The van der Waals surface area contributed by atoms with Crippen molar-refractivity contribution >= 4 is 88.1 Å². The van der Waals surface area contributed by atoms with Crippen LogP contribution in [0.5, 0.6) is 5.75 Å². The van der Waals surface area contributed by atoms with Crippen LogP contribution in [-0.4, -0.2) is 109 Å². The molecule has 3 aliphatic rings. The number of hydrogen-bond donors (Lipinski definition) is 4. The standard InChI is InChI=1S/C42H47ClN9O7P/c1-50(36(54)13-8-20-44-31-11-7-9-27-37(31)41(57)52(40(27)56)32-16-17-35(53)48-39(32)55)25-18-21-51(22-19-25)26-14-15-29(33(23-26)59-2)47-42-45-24-28(43)38(49-42)46-30-10-5-6-12-34(30)60(3,4)58/h5-7,9-12,14-15,23-25,32,44H,8,13,16-22H2,1-4H3,(H,48,53,55)(H2,45,46,47,49). The van der Waals surface area contributed by atoms with Gasteiger partial charge in [-0.05, 0) is 75.4 Å². The van der Waals surface area contributed by atoms with Crippen molar-refractivity contribution in [2.24, 2.45) is 0 Å². The van der Waals surface area contributed by atoms with Gasteiger partial charge in [-0.25, -0.2) is 4.98 Å². The molecule has 2 fully saturated rings. The monoisotopic (exact) mass is 855 g/mol. The molecule has 4 heterocycles. The predicted octanol–water partition coefficient (Wildman–Crippen LogP) is 5.59. The number of para-hydroxylation sites is 1. The number of methoxy groups -OCH3 is 1. The molecule has 60 heavy (non-hydrogen) atoms. The third-order valence-corrected chi connectivity index (χ3v) is 12.9. The topological polar surface area (TPSA) is 195 Å². The van der Waals surface area contributed by atoms with Crippen LogP contribution in [0.2, 0.25) is 5.02 Å². The van der Waals surface area contributed by atoms with Crippen molar-refractivity contribution in [1.29, 1.82) is 0 Å². The summed E-state index contributed by atoms with van der Waals surface area (Å²) in [5.41, 5.74) is 3.13. The number of halogens is 1. The number of nitrogens with one attached hydrogen (secondary N) is 4. The average molecular weight is 856 g/mol. The summed E-state index contributed by atoms with van der Waals surface area (Å²) >= 11 is 6.46. The molecular formula is C42H47ClN9O7P. The third kappa shape index (κ3) is 8.94. The minimum atomic E-state index is -2.58. The fraction of sp³-hybridized carbons (Fsp3) is 0.357. The molecule has 16 nitrogen and oxygen atoms in total. The van der Waals surface area contributed by atoms with E-state index in [4.69, 9.17) is 16.3 Å². The molecule has 2 saturated heterocycles. The molecular weight excluding hydrogens is 809 g/mol. The molecule has 18 heteroatoms. The van der Waals surface area contributed by atoms with E-state index in [0.29, 0.717) is 64.3 Å². The first-order chi connectivity index (χ1) is 28.7. The van der Waals surface area contributed by atoms with Gasteiger partial charge in [0.25, 0.3) is 11.8 Å². The number of carbonyl (C=O) groups is 5. The number of fused-ring (bicyclic) bond motifs is 1. The van der Waals surface area contributed by atoms with Crippen LogP contribution < -0.4 is 36.2 Å². The van der Waals surface area contributed by atoms with Gasteiger partial charge in [0.1, 0.15) is 24.0 Å². The van der Waals surface area contributed by atoms with Gasteiger partial charge in [-0.2, -0.15) is 4.98 Å². The summed E-state index contributed by atoms with van der Waals surface area (Å²) in [6.45, 7) is 5.28. The average Bonchev–Trinajstić information content (AvgIpc) is 3.49. The Morgan fingerprint density at radius 1 is 0.967 bits per heavy atom. The fourth-order valence-corrected chi connectivity index (χ4v) is 9.10. The van der Waals surface area contributed by atoms with E-state index in [1.165, 1.54) is 6.20 Å². The Morgan fingerprint density at radius 3 is 2.45 bits per heavy atom. The molecule has 0 spiro atoms. The lowest BCUT2D eigenvalue weighted by molar-refractivity contribution is -0.136. The van der Waals surface area contributed by atoms with E-state index >= 15 is 0 Å². The number of aromatic nitrogens is 2. The number of ether oxygens (including phenoxy) is 1. The minimum Gasteiger partial charge on any atom is -0.494 e. The lowest BCUT2D eigenvalue weighted by Crippen LogP contribution is -2.54. The molecule has 0 aliphatic carbocycles. The molecule has 1 unspecified atom stereocenters. The zero-order valence-corrected chi connectivity index (χ0v) is 35.4. The highest BCUT2D eigenvalue weighted by atomic mass is 35.5. The van der Waals surface area contributed by atoms with E-state index in [9.17, 15) is 28.5 Å². The van der Waals surface area contributed by atoms with E-state index in [2.05, 4.69) is 36.1 Å². The molecule has 314 valence electrons. The van der Waals surface area contributed by atoms with E-state index in [1.54, 1.807) is 38.6 Å². The van der Waals surface area contributed by atoms with Crippen LogP contribution in [0.25, 0.3) is 0 Å². The SMILES string of the molecule is COc1cc(N2CCC(N(C)C(=O)CCCNc3cccc4c3C(=O)N(C3CCC(=O)NC3=O)C4=O)CC2)ccc1Nc1ncc(Cl)c(Nc2ccccc2P(C)(C)=O)n1. The second-order valence-electron chi connectivity index (χ2n) is 15.3. The van der Waals surface area contributed by atoms with Gasteiger partial charge in [0.2, 0.25) is 23.7 Å². The molecule has 4 N–H and O–H groups in total. The van der Waals surface area contributed by atoms with Crippen LogP contribution in [0, 0.1) is 0 Å². The number of nitrogens with zero attached hydrogens (tertiary/aromatic N) is 5. The number of carbonyl (C=O) groups excluding carboxylic acids is 5. The summed E-state index contributed by atoms with van der Waals surface area (Å²) in [7, 11) is 0.855. The van der Waals surface area contributed by atoms with Crippen LogP contribution in [0.4, 0.5) is 34.5 Å². The van der Waals surface area contributed by atoms with Crippen LogP contribution in [-0.2, 0) is 18.9 Å². The van der Waals surface area contributed by atoms with Crippen LogP contribution in [0.3, 0.4) is 0 Å². The number of benzene rings is 3. The summed E-state index contributed by atoms with van der Waals surface area (Å²) in [4.78, 5) is 77.9. The van der Waals surface area contributed by atoms with Gasteiger partial charge in [0, 0.05) is 68.3 Å². The second-order valence-corrected chi connectivity index (χ2v) is 18.9. The predicted molar refractivity (Wildman–Crippen MR) is 231 cm³/mol. The minimum absolute atomic E-state index is 0.0173.